The van der Waals surface area contributed by atoms with E-state index in [0.29, 0.717) is 18.5 Å². The largest absolute Gasteiger partial charge is 0.312 e. The molecule has 0 aromatic heterocycles. The molecular weight excluding hydrogens is 282 g/mol. The second kappa shape index (κ2) is 7.95. The molecule has 1 saturated carbocycles. The quantitative estimate of drug-likeness (QED) is 0.847. The number of nitrogens with zero attached hydrogens (tertiary/aromatic N) is 2. The lowest BCUT2D eigenvalue weighted by Crippen LogP contribution is -2.49. The van der Waals surface area contributed by atoms with Gasteiger partial charge in [-0.05, 0) is 50.1 Å². The Labute approximate surface area is 140 Å². The lowest BCUT2D eigenvalue weighted by molar-refractivity contribution is 0.185. The van der Waals surface area contributed by atoms with Crippen molar-refractivity contribution in [2.45, 2.75) is 51.0 Å². The normalized spacial score (nSPS) is 26.3. The molecule has 2 fully saturated rings. The second-order valence-electron chi connectivity index (χ2n) is 7.45. The van der Waals surface area contributed by atoms with E-state index in [-0.39, 0.29) is 0 Å². The van der Waals surface area contributed by atoms with E-state index in [0.717, 1.165) is 25.6 Å². The van der Waals surface area contributed by atoms with E-state index in [2.05, 4.69) is 47.5 Å². The van der Waals surface area contributed by atoms with E-state index in [1.165, 1.54) is 43.2 Å². The summed E-state index contributed by atoms with van der Waals surface area (Å²) >= 11 is 0. The van der Waals surface area contributed by atoms with E-state index in [1.54, 1.807) is 0 Å². The zero-order chi connectivity index (χ0) is 16.1. The van der Waals surface area contributed by atoms with Gasteiger partial charge in [-0.15, -0.1) is 0 Å². The maximum atomic E-state index is 9.10. The van der Waals surface area contributed by atoms with Crippen LogP contribution in [0, 0.1) is 24.2 Å². The van der Waals surface area contributed by atoms with Crippen molar-refractivity contribution in [1.82, 2.24) is 10.2 Å². The summed E-state index contributed by atoms with van der Waals surface area (Å²) in [6.07, 6.45) is 6.79. The molecule has 0 spiro atoms. The highest BCUT2D eigenvalue weighted by molar-refractivity contribution is 5.26. The van der Waals surface area contributed by atoms with Gasteiger partial charge < -0.3 is 5.32 Å². The van der Waals surface area contributed by atoms with Crippen LogP contribution in [-0.4, -0.2) is 37.1 Å². The molecule has 1 aliphatic heterocycles. The Bertz CT molecular complexity index is 542. The molecule has 1 aromatic carbocycles. The molecule has 1 aliphatic carbocycles. The van der Waals surface area contributed by atoms with Crippen LogP contribution in [0.2, 0.25) is 0 Å². The number of nitrogens with one attached hydrogen (secondary N) is 1. The molecule has 3 heteroatoms. The number of piperidine rings is 1. The van der Waals surface area contributed by atoms with Crippen molar-refractivity contribution in [3.63, 3.8) is 0 Å². The molecule has 2 aliphatic rings. The number of aryl methyl sites for hydroxylation is 1. The third-order valence-electron chi connectivity index (χ3n) is 5.50. The Balaban J connectivity index is 1.63. The lowest BCUT2D eigenvalue weighted by atomic mass is 9.87. The SMILES string of the molecule is Cc1cccc(C2CC(NCC3CCCC3)CN(CC#N)C2)c1. The Morgan fingerprint density at radius 1 is 1.26 bits per heavy atom. The molecule has 1 aromatic rings. The van der Waals surface area contributed by atoms with Crippen LogP contribution in [0.5, 0.6) is 0 Å². The summed E-state index contributed by atoms with van der Waals surface area (Å²) < 4.78 is 0. The van der Waals surface area contributed by atoms with Crippen LogP contribution in [0.3, 0.4) is 0 Å². The zero-order valence-electron chi connectivity index (χ0n) is 14.3. The first-order valence-electron chi connectivity index (χ1n) is 9.14. The molecule has 0 bridgehead atoms. The van der Waals surface area contributed by atoms with Gasteiger partial charge in [0.25, 0.3) is 0 Å². The molecule has 0 radical (unpaired) electrons. The lowest BCUT2D eigenvalue weighted by Gasteiger charge is -2.38. The molecule has 3 nitrogen and oxygen atoms in total. The predicted molar refractivity (Wildman–Crippen MR) is 94.3 cm³/mol. The molecule has 1 heterocycles. The minimum absolute atomic E-state index is 0.517. The van der Waals surface area contributed by atoms with Gasteiger partial charge in [-0.3, -0.25) is 4.90 Å². The van der Waals surface area contributed by atoms with Crippen LogP contribution in [0.15, 0.2) is 24.3 Å². The number of hydrogen-bond acceptors (Lipinski definition) is 3. The average molecular weight is 311 g/mol. The van der Waals surface area contributed by atoms with Gasteiger partial charge in [0.05, 0.1) is 12.6 Å². The van der Waals surface area contributed by atoms with Crippen LogP contribution in [0.1, 0.15) is 49.1 Å². The molecule has 124 valence electrons. The second-order valence-corrected chi connectivity index (χ2v) is 7.45. The van der Waals surface area contributed by atoms with Crippen molar-refractivity contribution in [2.24, 2.45) is 5.92 Å². The van der Waals surface area contributed by atoms with Crippen molar-refractivity contribution in [2.75, 3.05) is 26.2 Å². The minimum atomic E-state index is 0.517. The van der Waals surface area contributed by atoms with Gasteiger partial charge in [-0.25, -0.2) is 0 Å². The number of rotatable bonds is 5. The summed E-state index contributed by atoms with van der Waals surface area (Å²) in [6.45, 7) is 5.89. The van der Waals surface area contributed by atoms with E-state index >= 15 is 0 Å². The molecule has 1 saturated heterocycles. The molecule has 1 N–H and O–H groups in total. The zero-order valence-corrected chi connectivity index (χ0v) is 14.3. The first-order chi connectivity index (χ1) is 11.2. The third kappa shape index (κ3) is 4.56. The van der Waals surface area contributed by atoms with Crippen LogP contribution in [0.4, 0.5) is 0 Å². The van der Waals surface area contributed by atoms with Crippen molar-refractivity contribution < 1.29 is 0 Å². The summed E-state index contributed by atoms with van der Waals surface area (Å²) in [4.78, 5) is 2.32. The topological polar surface area (TPSA) is 39.1 Å². The van der Waals surface area contributed by atoms with E-state index in [9.17, 15) is 0 Å². The Hall–Kier alpha value is -1.37. The smallest absolute Gasteiger partial charge is 0.0866 e. The third-order valence-corrected chi connectivity index (χ3v) is 5.50. The number of nitriles is 1. The Morgan fingerprint density at radius 2 is 2.09 bits per heavy atom. The van der Waals surface area contributed by atoms with Crippen molar-refractivity contribution in [3.8, 4) is 6.07 Å². The van der Waals surface area contributed by atoms with E-state index < -0.39 is 0 Å². The van der Waals surface area contributed by atoms with Crippen molar-refractivity contribution >= 4 is 0 Å². The summed E-state index contributed by atoms with van der Waals surface area (Å²) in [5, 5.41) is 12.9. The number of benzene rings is 1. The highest BCUT2D eigenvalue weighted by Crippen LogP contribution is 2.29. The van der Waals surface area contributed by atoms with Crippen molar-refractivity contribution in [3.05, 3.63) is 35.4 Å². The molecular formula is C20H29N3. The van der Waals surface area contributed by atoms with Gasteiger partial charge >= 0.3 is 0 Å². The fourth-order valence-electron chi connectivity index (χ4n) is 4.28. The fraction of sp³-hybridized carbons (Fsp3) is 0.650. The van der Waals surface area contributed by atoms with Crippen LogP contribution >= 0.6 is 0 Å². The number of likely N-dealkylation sites (tertiary alicyclic amines) is 1. The van der Waals surface area contributed by atoms with E-state index in [1.807, 2.05) is 0 Å². The Kier molecular flexibility index (Phi) is 5.70. The van der Waals surface area contributed by atoms with Crippen LogP contribution < -0.4 is 5.32 Å². The fourth-order valence-corrected chi connectivity index (χ4v) is 4.28. The summed E-state index contributed by atoms with van der Waals surface area (Å²) in [7, 11) is 0. The predicted octanol–water partition coefficient (Wildman–Crippen LogP) is 3.46. The Morgan fingerprint density at radius 3 is 2.83 bits per heavy atom. The van der Waals surface area contributed by atoms with Crippen molar-refractivity contribution in [1.29, 1.82) is 5.26 Å². The summed E-state index contributed by atoms with van der Waals surface area (Å²) in [5.74, 6) is 1.41. The van der Waals surface area contributed by atoms with Crippen LogP contribution in [-0.2, 0) is 0 Å². The standard InChI is InChI=1S/C20H29N3/c1-16-5-4-8-18(11-16)19-12-20(15-23(14-19)10-9-21)22-13-17-6-2-3-7-17/h4-5,8,11,17,19-20,22H,2-3,6-7,10,12-15H2,1H3. The maximum Gasteiger partial charge on any atom is 0.0866 e. The van der Waals surface area contributed by atoms with E-state index in [4.69, 9.17) is 5.26 Å². The van der Waals surface area contributed by atoms with Gasteiger partial charge in [0.15, 0.2) is 0 Å². The highest BCUT2D eigenvalue weighted by Gasteiger charge is 2.28. The number of hydrogen-bond donors (Lipinski definition) is 1. The van der Waals surface area contributed by atoms with Gasteiger partial charge in [0.1, 0.15) is 0 Å². The van der Waals surface area contributed by atoms with Gasteiger partial charge in [0.2, 0.25) is 0 Å². The monoisotopic (exact) mass is 311 g/mol. The highest BCUT2D eigenvalue weighted by atomic mass is 15.2. The first kappa shape index (κ1) is 16.5. The van der Waals surface area contributed by atoms with Gasteiger partial charge in [-0.1, -0.05) is 42.7 Å². The molecule has 2 unspecified atom stereocenters. The molecule has 23 heavy (non-hydrogen) atoms. The molecule has 0 amide bonds. The molecule has 3 rings (SSSR count). The first-order valence-corrected chi connectivity index (χ1v) is 9.14. The van der Waals surface area contributed by atoms with Crippen LogP contribution in [0.25, 0.3) is 0 Å². The van der Waals surface area contributed by atoms with Gasteiger partial charge in [0, 0.05) is 19.1 Å². The maximum absolute atomic E-state index is 9.10. The van der Waals surface area contributed by atoms with Gasteiger partial charge in [-0.2, -0.15) is 5.26 Å². The average Bonchev–Trinajstić information content (AvgIpc) is 3.07. The molecule has 2 atom stereocenters. The summed E-state index contributed by atoms with van der Waals surface area (Å²) in [5.41, 5.74) is 2.76. The minimum Gasteiger partial charge on any atom is -0.312 e. The summed E-state index contributed by atoms with van der Waals surface area (Å²) in [6, 6.07) is 11.7.